The Balaban J connectivity index is 1.90. The third-order valence-electron chi connectivity index (χ3n) is 2.99. The van der Waals surface area contributed by atoms with Crippen LogP contribution in [0.25, 0.3) is 0 Å². The van der Waals surface area contributed by atoms with Gasteiger partial charge in [-0.05, 0) is 12.5 Å². The summed E-state index contributed by atoms with van der Waals surface area (Å²) in [6.45, 7) is 1.73. The standard InChI is InChI=1S/C12H11FN2O/c1-8-14-11(16-15-8)10-7-12(10,13)9-5-3-2-4-6-9/h2-6,10H,7H2,1H3. The van der Waals surface area contributed by atoms with Gasteiger partial charge in [0.15, 0.2) is 5.82 Å². The molecule has 2 atom stereocenters. The minimum Gasteiger partial charge on any atom is -0.339 e. The predicted octanol–water partition coefficient (Wildman–Crippen LogP) is 2.73. The normalized spacial score (nSPS) is 28.0. The van der Waals surface area contributed by atoms with E-state index in [2.05, 4.69) is 10.1 Å². The fourth-order valence-electron chi connectivity index (χ4n) is 2.01. The molecule has 3 nitrogen and oxygen atoms in total. The topological polar surface area (TPSA) is 38.9 Å². The quantitative estimate of drug-likeness (QED) is 0.778. The van der Waals surface area contributed by atoms with Gasteiger partial charge in [-0.1, -0.05) is 35.5 Å². The minimum atomic E-state index is -1.32. The van der Waals surface area contributed by atoms with Crippen LogP contribution in [0.3, 0.4) is 0 Å². The van der Waals surface area contributed by atoms with E-state index in [-0.39, 0.29) is 5.92 Å². The Labute approximate surface area is 92.3 Å². The number of aromatic nitrogens is 2. The summed E-state index contributed by atoms with van der Waals surface area (Å²) in [4.78, 5) is 4.08. The van der Waals surface area contributed by atoms with Gasteiger partial charge in [0.2, 0.25) is 5.89 Å². The van der Waals surface area contributed by atoms with Gasteiger partial charge in [0.05, 0.1) is 5.92 Å². The molecular formula is C12H11FN2O. The van der Waals surface area contributed by atoms with Crippen molar-refractivity contribution in [3.8, 4) is 0 Å². The lowest BCUT2D eigenvalue weighted by Gasteiger charge is -2.05. The maximum atomic E-state index is 14.5. The van der Waals surface area contributed by atoms with E-state index >= 15 is 0 Å². The van der Waals surface area contributed by atoms with E-state index < -0.39 is 5.67 Å². The third-order valence-corrected chi connectivity index (χ3v) is 2.99. The Hall–Kier alpha value is -1.71. The lowest BCUT2D eigenvalue weighted by Crippen LogP contribution is -2.01. The summed E-state index contributed by atoms with van der Waals surface area (Å²) in [6.07, 6.45) is 0.429. The fourth-order valence-corrected chi connectivity index (χ4v) is 2.01. The van der Waals surface area contributed by atoms with Gasteiger partial charge in [-0.2, -0.15) is 4.98 Å². The van der Waals surface area contributed by atoms with Crippen LogP contribution in [0.4, 0.5) is 4.39 Å². The van der Waals surface area contributed by atoms with E-state index in [9.17, 15) is 4.39 Å². The highest BCUT2D eigenvalue weighted by molar-refractivity contribution is 5.34. The number of alkyl halides is 1. The summed E-state index contributed by atoms with van der Waals surface area (Å²) >= 11 is 0. The van der Waals surface area contributed by atoms with E-state index in [1.165, 1.54) is 0 Å². The van der Waals surface area contributed by atoms with Crippen molar-refractivity contribution in [3.05, 3.63) is 47.6 Å². The number of aryl methyl sites for hydroxylation is 1. The number of benzene rings is 1. The van der Waals surface area contributed by atoms with Crippen molar-refractivity contribution < 1.29 is 8.91 Å². The molecule has 1 fully saturated rings. The predicted molar refractivity (Wildman–Crippen MR) is 55.6 cm³/mol. The molecule has 1 aromatic heterocycles. The van der Waals surface area contributed by atoms with Gasteiger partial charge in [0, 0.05) is 6.42 Å². The van der Waals surface area contributed by atoms with E-state index in [0.717, 1.165) is 0 Å². The molecule has 0 radical (unpaired) electrons. The van der Waals surface area contributed by atoms with E-state index in [1.807, 2.05) is 18.2 Å². The van der Waals surface area contributed by atoms with Crippen LogP contribution in [-0.2, 0) is 5.67 Å². The second kappa shape index (κ2) is 3.14. The molecule has 4 heteroatoms. The fraction of sp³-hybridized carbons (Fsp3) is 0.333. The number of hydrogen-bond donors (Lipinski definition) is 0. The summed E-state index contributed by atoms with van der Waals surface area (Å²) in [7, 11) is 0. The van der Waals surface area contributed by atoms with Crippen LogP contribution in [0.15, 0.2) is 34.9 Å². The monoisotopic (exact) mass is 218 g/mol. The molecule has 0 aliphatic heterocycles. The van der Waals surface area contributed by atoms with Gasteiger partial charge in [-0.25, -0.2) is 4.39 Å². The Morgan fingerprint density at radius 1 is 1.38 bits per heavy atom. The molecule has 0 bridgehead atoms. The summed E-state index contributed by atoms with van der Waals surface area (Å²) in [5.74, 6) is 0.678. The van der Waals surface area contributed by atoms with Crippen molar-refractivity contribution in [2.24, 2.45) is 0 Å². The zero-order valence-corrected chi connectivity index (χ0v) is 8.85. The van der Waals surface area contributed by atoms with Gasteiger partial charge in [0.25, 0.3) is 0 Å². The van der Waals surface area contributed by atoms with Crippen LogP contribution in [0.5, 0.6) is 0 Å². The Morgan fingerprint density at radius 2 is 2.12 bits per heavy atom. The molecule has 0 amide bonds. The maximum Gasteiger partial charge on any atom is 0.233 e. The summed E-state index contributed by atoms with van der Waals surface area (Å²) < 4.78 is 19.5. The highest BCUT2D eigenvalue weighted by Crippen LogP contribution is 2.61. The molecule has 2 unspecified atom stereocenters. The molecule has 0 spiro atoms. The molecular weight excluding hydrogens is 207 g/mol. The number of halogens is 1. The van der Waals surface area contributed by atoms with Gasteiger partial charge >= 0.3 is 0 Å². The first kappa shape index (κ1) is 9.51. The lowest BCUT2D eigenvalue weighted by atomic mass is 10.1. The number of nitrogens with zero attached hydrogens (tertiary/aromatic N) is 2. The minimum absolute atomic E-state index is 0.281. The summed E-state index contributed by atoms with van der Waals surface area (Å²) in [5.41, 5.74) is -0.629. The summed E-state index contributed by atoms with van der Waals surface area (Å²) in [6, 6.07) is 9.14. The van der Waals surface area contributed by atoms with E-state index in [4.69, 9.17) is 4.52 Å². The molecule has 0 saturated heterocycles. The van der Waals surface area contributed by atoms with Crippen molar-refractivity contribution >= 4 is 0 Å². The van der Waals surface area contributed by atoms with Crippen molar-refractivity contribution in [1.82, 2.24) is 10.1 Å². The molecule has 0 N–H and O–H groups in total. The van der Waals surface area contributed by atoms with Crippen LogP contribution >= 0.6 is 0 Å². The molecule has 1 aliphatic carbocycles. The highest BCUT2D eigenvalue weighted by atomic mass is 19.1. The van der Waals surface area contributed by atoms with Crippen molar-refractivity contribution in [2.45, 2.75) is 24.9 Å². The Kier molecular flexibility index (Phi) is 1.87. The van der Waals surface area contributed by atoms with E-state index in [1.54, 1.807) is 19.1 Å². The first-order valence-corrected chi connectivity index (χ1v) is 5.25. The number of hydrogen-bond acceptors (Lipinski definition) is 3. The molecule has 2 aromatic rings. The van der Waals surface area contributed by atoms with Gasteiger partial charge in [-0.3, -0.25) is 0 Å². The molecule has 3 rings (SSSR count). The average molecular weight is 218 g/mol. The first-order valence-electron chi connectivity index (χ1n) is 5.25. The maximum absolute atomic E-state index is 14.5. The highest BCUT2D eigenvalue weighted by Gasteiger charge is 2.60. The smallest absolute Gasteiger partial charge is 0.233 e. The first-order chi connectivity index (χ1) is 7.70. The zero-order chi connectivity index (χ0) is 11.2. The third kappa shape index (κ3) is 1.33. The zero-order valence-electron chi connectivity index (χ0n) is 8.85. The van der Waals surface area contributed by atoms with Crippen molar-refractivity contribution in [2.75, 3.05) is 0 Å². The van der Waals surface area contributed by atoms with Gasteiger partial charge in [0.1, 0.15) is 5.67 Å². The molecule has 16 heavy (non-hydrogen) atoms. The van der Waals surface area contributed by atoms with Crippen LogP contribution in [0, 0.1) is 6.92 Å². The SMILES string of the molecule is Cc1noc(C2CC2(F)c2ccccc2)n1. The van der Waals surface area contributed by atoms with Crippen LogP contribution < -0.4 is 0 Å². The molecule has 1 heterocycles. The molecule has 1 saturated carbocycles. The average Bonchev–Trinajstić information content (AvgIpc) is 2.81. The second-order valence-corrected chi connectivity index (χ2v) is 4.17. The molecule has 1 aliphatic rings. The van der Waals surface area contributed by atoms with Crippen LogP contribution in [0.2, 0.25) is 0 Å². The van der Waals surface area contributed by atoms with Crippen molar-refractivity contribution in [1.29, 1.82) is 0 Å². The lowest BCUT2D eigenvalue weighted by molar-refractivity contribution is 0.283. The summed E-state index contributed by atoms with van der Waals surface area (Å²) in [5, 5.41) is 3.68. The van der Waals surface area contributed by atoms with Crippen LogP contribution in [0.1, 0.15) is 29.6 Å². The Morgan fingerprint density at radius 3 is 2.75 bits per heavy atom. The second-order valence-electron chi connectivity index (χ2n) is 4.17. The van der Waals surface area contributed by atoms with Crippen molar-refractivity contribution in [3.63, 3.8) is 0 Å². The van der Waals surface area contributed by atoms with Gasteiger partial charge in [-0.15, -0.1) is 0 Å². The molecule has 82 valence electrons. The van der Waals surface area contributed by atoms with Crippen LogP contribution in [-0.4, -0.2) is 10.1 Å². The molecule has 1 aromatic carbocycles. The largest absolute Gasteiger partial charge is 0.339 e. The van der Waals surface area contributed by atoms with E-state index in [0.29, 0.717) is 23.7 Å². The number of rotatable bonds is 2. The van der Waals surface area contributed by atoms with Gasteiger partial charge < -0.3 is 4.52 Å². The Bertz CT molecular complexity index is 511.